The lowest BCUT2D eigenvalue weighted by atomic mass is 9.96. The van der Waals surface area contributed by atoms with Crippen LogP contribution in [0, 0.1) is 0 Å². The van der Waals surface area contributed by atoms with Crippen molar-refractivity contribution in [2.45, 2.75) is 64.6 Å². The van der Waals surface area contributed by atoms with Gasteiger partial charge in [-0.25, -0.2) is 0 Å². The van der Waals surface area contributed by atoms with Gasteiger partial charge in [-0.15, -0.1) is 0 Å². The first-order valence-electron chi connectivity index (χ1n) is 4.65. The standard InChI is InChI=1S/C10H22O2/c1-9(2,11)7-5-6-8-10(3,4)12/h11-12H,5-8H2,1-4H3. The maximum absolute atomic E-state index is 9.38. The highest BCUT2D eigenvalue weighted by Crippen LogP contribution is 2.17. The van der Waals surface area contributed by atoms with Crippen molar-refractivity contribution >= 4 is 0 Å². The van der Waals surface area contributed by atoms with Crippen LogP contribution in [-0.4, -0.2) is 21.4 Å². The van der Waals surface area contributed by atoms with Gasteiger partial charge in [-0.05, 0) is 40.5 Å². The second-order valence-electron chi connectivity index (χ2n) is 4.83. The molecule has 0 unspecified atom stereocenters. The summed E-state index contributed by atoms with van der Waals surface area (Å²) in [5, 5.41) is 18.8. The highest BCUT2D eigenvalue weighted by molar-refractivity contribution is 4.68. The van der Waals surface area contributed by atoms with Crippen LogP contribution in [0.4, 0.5) is 0 Å². The molecule has 0 radical (unpaired) electrons. The van der Waals surface area contributed by atoms with Gasteiger partial charge >= 0.3 is 0 Å². The summed E-state index contributed by atoms with van der Waals surface area (Å²) in [6.07, 6.45) is 3.58. The summed E-state index contributed by atoms with van der Waals surface area (Å²) in [7, 11) is 0. The van der Waals surface area contributed by atoms with E-state index in [2.05, 4.69) is 0 Å². The highest BCUT2D eigenvalue weighted by atomic mass is 16.3. The molecule has 0 heterocycles. The van der Waals surface area contributed by atoms with Crippen LogP contribution in [0.25, 0.3) is 0 Å². The van der Waals surface area contributed by atoms with Crippen molar-refractivity contribution in [3.8, 4) is 0 Å². The topological polar surface area (TPSA) is 40.5 Å². The fraction of sp³-hybridized carbons (Fsp3) is 1.00. The van der Waals surface area contributed by atoms with Crippen LogP contribution in [0.2, 0.25) is 0 Å². The quantitative estimate of drug-likeness (QED) is 0.626. The first-order chi connectivity index (χ1) is 5.21. The van der Waals surface area contributed by atoms with E-state index in [-0.39, 0.29) is 0 Å². The fourth-order valence-corrected chi connectivity index (χ4v) is 1.12. The second-order valence-corrected chi connectivity index (χ2v) is 4.83. The number of hydrogen-bond donors (Lipinski definition) is 2. The largest absolute Gasteiger partial charge is 0.390 e. The molecule has 0 spiro atoms. The Hall–Kier alpha value is -0.0800. The van der Waals surface area contributed by atoms with Gasteiger partial charge in [-0.3, -0.25) is 0 Å². The molecule has 0 aromatic rings. The number of unbranched alkanes of at least 4 members (excludes halogenated alkanes) is 1. The fourth-order valence-electron chi connectivity index (χ4n) is 1.12. The number of hydrogen-bond acceptors (Lipinski definition) is 2. The van der Waals surface area contributed by atoms with Crippen molar-refractivity contribution in [3.05, 3.63) is 0 Å². The summed E-state index contributed by atoms with van der Waals surface area (Å²) in [6, 6.07) is 0. The van der Waals surface area contributed by atoms with Crippen LogP contribution in [0.1, 0.15) is 53.4 Å². The Labute approximate surface area is 75.6 Å². The lowest BCUT2D eigenvalue weighted by Gasteiger charge is -2.19. The average Bonchev–Trinajstić information content (AvgIpc) is 1.76. The van der Waals surface area contributed by atoms with Crippen molar-refractivity contribution in [2.75, 3.05) is 0 Å². The van der Waals surface area contributed by atoms with E-state index < -0.39 is 11.2 Å². The molecule has 74 valence electrons. The maximum Gasteiger partial charge on any atom is 0.0591 e. The summed E-state index contributed by atoms with van der Waals surface area (Å²) in [5.41, 5.74) is -1.11. The molecule has 0 aromatic carbocycles. The Morgan fingerprint density at radius 2 is 1.00 bits per heavy atom. The zero-order valence-corrected chi connectivity index (χ0v) is 8.72. The molecular weight excluding hydrogens is 152 g/mol. The number of rotatable bonds is 5. The Balaban J connectivity index is 3.35. The second kappa shape index (κ2) is 4.24. The van der Waals surface area contributed by atoms with Crippen molar-refractivity contribution < 1.29 is 10.2 Å². The zero-order valence-electron chi connectivity index (χ0n) is 8.72. The van der Waals surface area contributed by atoms with Crippen LogP contribution in [-0.2, 0) is 0 Å². The van der Waals surface area contributed by atoms with E-state index >= 15 is 0 Å². The monoisotopic (exact) mass is 174 g/mol. The molecule has 0 amide bonds. The molecule has 0 bridgehead atoms. The van der Waals surface area contributed by atoms with E-state index in [4.69, 9.17) is 0 Å². The van der Waals surface area contributed by atoms with Crippen molar-refractivity contribution in [1.29, 1.82) is 0 Å². The van der Waals surface area contributed by atoms with Gasteiger partial charge in [0.15, 0.2) is 0 Å². The van der Waals surface area contributed by atoms with Gasteiger partial charge in [0, 0.05) is 0 Å². The van der Waals surface area contributed by atoms with E-state index in [9.17, 15) is 10.2 Å². The highest BCUT2D eigenvalue weighted by Gasteiger charge is 2.14. The minimum Gasteiger partial charge on any atom is -0.390 e. The van der Waals surface area contributed by atoms with Gasteiger partial charge in [-0.1, -0.05) is 12.8 Å². The van der Waals surface area contributed by atoms with Crippen LogP contribution in [0.5, 0.6) is 0 Å². The normalized spacial score (nSPS) is 13.5. The third kappa shape index (κ3) is 9.92. The van der Waals surface area contributed by atoms with Crippen molar-refractivity contribution in [3.63, 3.8) is 0 Å². The van der Waals surface area contributed by atoms with Crippen LogP contribution < -0.4 is 0 Å². The Bertz CT molecular complexity index is 101. The van der Waals surface area contributed by atoms with Crippen molar-refractivity contribution in [2.24, 2.45) is 0 Å². The summed E-state index contributed by atoms with van der Waals surface area (Å²) < 4.78 is 0. The molecule has 2 N–H and O–H groups in total. The number of aliphatic hydroxyl groups is 2. The molecule has 0 fully saturated rings. The molecule has 0 aliphatic rings. The third-order valence-electron chi connectivity index (χ3n) is 1.83. The molecule has 0 aromatic heterocycles. The minimum atomic E-state index is -0.556. The predicted molar refractivity (Wildman–Crippen MR) is 51.1 cm³/mol. The van der Waals surface area contributed by atoms with Gasteiger partial charge in [0.05, 0.1) is 11.2 Å². The first-order valence-corrected chi connectivity index (χ1v) is 4.65. The third-order valence-corrected chi connectivity index (χ3v) is 1.83. The van der Waals surface area contributed by atoms with Gasteiger partial charge in [0.25, 0.3) is 0 Å². The van der Waals surface area contributed by atoms with Crippen LogP contribution >= 0.6 is 0 Å². The van der Waals surface area contributed by atoms with Gasteiger partial charge < -0.3 is 10.2 Å². The zero-order chi connectivity index (χ0) is 9.83. The van der Waals surface area contributed by atoms with Gasteiger partial charge in [0.2, 0.25) is 0 Å². The molecule has 2 nitrogen and oxygen atoms in total. The van der Waals surface area contributed by atoms with E-state index in [1.54, 1.807) is 0 Å². The first kappa shape index (κ1) is 11.9. The van der Waals surface area contributed by atoms with Crippen molar-refractivity contribution in [1.82, 2.24) is 0 Å². The summed E-state index contributed by atoms with van der Waals surface area (Å²) in [6.45, 7) is 7.27. The lowest BCUT2D eigenvalue weighted by Crippen LogP contribution is -2.20. The van der Waals surface area contributed by atoms with E-state index in [0.29, 0.717) is 0 Å². The van der Waals surface area contributed by atoms with E-state index in [0.717, 1.165) is 25.7 Å². The molecular formula is C10H22O2. The summed E-state index contributed by atoms with van der Waals surface area (Å²) in [5.74, 6) is 0. The molecule has 0 saturated carbocycles. The molecule has 0 aliphatic carbocycles. The van der Waals surface area contributed by atoms with Gasteiger partial charge in [0.1, 0.15) is 0 Å². The summed E-state index contributed by atoms with van der Waals surface area (Å²) in [4.78, 5) is 0. The smallest absolute Gasteiger partial charge is 0.0591 e. The molecule has 2 heteroatoms. The van der Waals surface area contributed by atoms with E-state index in [1.165, 1.54) is 0 Å². The van der Waals surface area contributed by atoms with Gasteiger partial charge in [-0.2, -0.15) is 0 Å². The van der Waals surface area contributed by atoms with E-state index in [1.807, 2.05) is 27.7 Å². The Morgan fingerprint density at radius 3 is 1.17 bits per heavy atom. The maximum atomic E-state index is 9.38. The van der Waals surface area contributed by atoms with Crippen LogP contribution in [0.3, 0.4) is 0 Å². The SMILES string of the molecule is CC(C)(O)CCCCC(C)(C)O. The average molecular weight is 174 g/mol. The minimum absolute atomic E-state index is 0.556. The Morgan fingerprint density at radius 1 is 0.750 bits per heavy atom. The molecule has 0 rings (SSSR count). The summed E-state index contributed by atoms with van der Waals surface area (Å²) >= 11 is 0. The molecule has 0 atom stereocenters. The molecule has 0 saturated heterocycles. The molecule has 12 heavy (non-hydrogen) atoms. The lowest BCUT2D eigenvalue weighted by molar-refractivity contribution is 0.0526. The van der Waals surface area contributed by atoms with Crippen LogP contribution in [0.15, 0.2) is 0 Å². The predicted octanol–water partition coefficient (Wildman–Crippen LogP) is 2.09. The Kier molecular flexibility index (Phi) is 4.21. The molecule has 0 aliphatic heterocycles.